The van der Waals surface area contributed by atoms with Crippen LogP contribution in [-0.4, -0.2) is 37.5 Å². The molecular weight excluding hydrogens is 426 g/mol. The first kappa shape index (κ1) is 27.8. The molecule has 1 aromatic carbocycles. The number of hydroxylamine groups is 3. The van der Waals surface area contributed by atoms with Gasteiger partial charge in [-0.1, -0.05) is 40.5 Å². The lowest BCUT2D eigenvalue weighted by atomic mass is 10.2. The van der Waals surface area contributed by atoms with Gasteiger partial charge in [0.25, 0.3) is 17.7 Å². The minimum atomic E-state index is -0.529. The number of carbonyl (C=O) groups excluding carboxylic acids is 3. The predicted octanol–water partition coefficient (Wildman–Crippen LogP) is 4.27. The Labute approximate surface area is 195 Å². The molecule has 0 radical (unpaired) electrons. The van der Waals surface area contributed by atoms with E-state index in [9.17, 15) is 14.4 Å². The molecule has 0 N–H and O–H groups in total. The molecule has 0 saturated heterocycles. The van der Waals surface area contributed by atoms with E-state index in [1.165, 1.54) is 18.2 Å². The SMILES string of the molecule is C=CC(=O)N(OCCC)c1cc(N(OCCC)C(=O)C=C)cc(N(OCCC)C(=O)C=C)c1. The van der Waals surface area contributed by atoms with Crippen LogP contribution in [0.4, 0.5) is 17.1 Å². The molecule has 0 unspecified atom stereocenters. The second-order valence-electron chi connectivity index (χ2n) is 6.72. The van der Waals surface area contributed by atoms with Crippen LogP contribution >= 0.6 is 0 Å². The van der Waals surface area contributed by atoms with E-state index in [1.807, 2.05) is 20.8 Å². The van der Waals surface area contributed by atoms with E-state index in [0.717, 1.165) is 33.4 Å². The number of amides is 3. The summed E-state index contributed by atoms with van der Waals surface area (Å²) < 4.78 is 0. The average molecular weight is 460 g/mol. The zero-order valence-electron chi connectivity index (χ0n) is 19.6. The van der Waals surface area contributed by atoms with E-state index in [0.29, 0.717) is 19.3 Å². The lowest BCUT2D eigenvalue weighted by Crippen LogP contribution is -2.34. The Balaban J connectivity index is 3.74. The van der Waals surface area contributed by atoms with Crippen LogP contribution in [0, 0.1) is 0 Å². The van der Waals surface area contributed by atoms with Crippen molar-refractivity contribution in [2.45, 2.75) is 40.0 Å². The maximum absolute atomic E-state index is 12.5. The molecule has 0 saturated carbocycles. The second-order valence-corrected chi connectivity index (χ2v) is 6.72. The molecule has 3 amide bonds. The number of anilines is 3. The summed E-state index contributed by atoms with van der Waals surface area (Å²) in [4.78, 5) is 54.5. The Kier molecular flexibility index (Phi) is 12.4. The smallest absolute Gasteiger partial charge is 0.267 e. The maximum atomic E-state index is 12.5. The Morgan fingerprint density at radius 2 is 0.879 bits per heavy atom. The van der Waals surface area contributed by atoms with Gasteiger partial charge in [-0.2, -0.15) is 15.2 Å². The Morgan fingerprint density at radius 1 is 0.636 bits per heavy atom. The molecule has 0 fully saturated rings. The molecule has 33 heavy (non-hydrogen) atoms. The minimum Gasteiger partial charge on any atom is -0.267 e. The van der Waals surface area contributed by atoms with Crippen molar-refractivity contribution in [1.29, 1.82) is 0 Å². The van der Waals surface area contributed by atoms with Crippen LogP contribution in [0.3, 0.4) is 0 Å². The molecular formula is C24H33N3O6. The lowest BCUT2D eigenvalue weighted by molar-refractivity contribution is -0.121. The van der Waals surface area contributed by atoms with Gasteiger partial charge in [-0.05, 0) is 55.7 Å². The third kappa shape index (κ3) is 7.98. The van der Waals surface area contributed by atoms with Crippen LogP contribution in [-0.2, 0) is 28.9 Å². The highest BCUT2D eigenvalue weighted by atomic mass is 16.7. The molecule has 0 bridgehead atoms. The fraction of sp³-hybridized carbons (Fsp3) is 0.375. The van der Waals surface area contributed by atoms with Crippen LogP contribution in [0.1, 0.15) is 40.0 Å². The Hall–Kier alpha value is -3.27. The number of nitrogens with zero attached hydrogens (tertiary/aromatic N) is 3. The molecule has 0 aliphatic rings. The molecule has 0 aliphatic heterocycles. The van der Waals surface area contributed by atoms with Crippen molar-refractivity contribution in [2.75, 3.05) is 35.0 Å². The standard InChI is InChI=1S/C24H33N3O6/c1-7-13-31-25(22(28)10-4)19-16-20(26(23(29)11-5)32-14-8-2)18-21(17-19)27(24(30)12-6)33-15-9-3/h10-12,16-18H,4-9,13-15H2,1-3H3. The van der Waals surface area contributed by atoms with Crippen LogP contribution in [0.2, 0.25) is 0 Å². The summed E-state index contributed by atoms with van der Waals surface area (Å²) in [6, 6.07) is 4.57. The molecule has 1 rings (SSSR count). The van der Waals surface area contributed by atoms with E-state index >= 15 is 0 Å². The molecule has 9 nitrogen and oxygen atoms in total. The van der Waals surface area contributed by atoms with Gasteiger partial charge in [-0.25, -0.2) is 0 Å². The van der Waals surface area contributed by atoms with Crippen molar-refractivity contribution in [1.82, 2.24) is 0 Å². The van der Waals surface area contributed by atoms with Gasteiger partial charge >= 0.3 is 0 Å². The van der Waals surface area contributed by atoms with E-state index in [-0.39, 0.29) is 36.9 Å². The van der Waals surface area contributed by atoms with E-state index < -0.39 is 17.7 Å². The van der Waals surface area contributed by atoms with Crippen LogP contribution in [0.25, 0.3) is 0 Å². The molecule has 0 heterocycles. The van der Waals surface area contributed by atoms with Gasteiger partial charge in [-0.15, -0.1) is 0 Å². The van der Waals surface area contributed by atoms with Crippen molar-refractivity contribution in [3.63, 3.8) is 0 Å². The van der Waals surface area contributed by atoms with Crippen LogP contribution in [0.15, 0.2) is 56.2 Å². The molecule has 9 heteroatoms. The summed E-state index contributed by atoms with van der Waals surface area (Å²) in [5.74, 6) is -1.59. The molecule has 180 valence electrons. The monoisotopic (exact) mass is 459 g/mol. The normalized spacial score (nSPS) is 10.3. The zero-order valence-corrected chi connectivity index (χ0v) is 19.6. The number of benzene rings is 1. The van der Waals surface area contributed by atoms with Crippen molar-refractivity contribution in [2.24, 2.45) is 0 Å². The first-order valence-electron chi connectivity index (χ1n) is 10.8. The molecule has 0 aromatic heterocycles. The molecule has 0 aliphatic carbocycles. The summed E-state index contributed by atoms with van der Waals surface area (Å²) >= 11 is 0. The van der Waals surface area contributed by atoms with Gasteiger partial charge in [0.05, 0.1) is 36.9 Å². The quantitative estimate of drug-likeness (QED) is 0.288. The number of carbonyl (C=O) groups is 3. The largest absolute Gasteiger partial charge is 0.274 e. The number of hydrogen-bond donors (Lipinski definition) is 0. The molecule has 1 aromatic rings. The first-order chi connectivity index (χ1) is 15.9. The Morgan fingerprint density at radius 3 is 1.06 bits per heavy atom. The minimum absolute atomic E-state index is 0.241. The highest BCUT2D eigenvalue weighted by molar-refractivity contribution is 6.04. The van der Waals surface area contributed by atoms with E-state index in [4.69, 9.17) is 14.5 Å². The Bertz CT molecular complexity index is 733. The topological polar surface area (TPSA) is 88.6 Å². The lowest BCUT2D eigenvalue weighted by Gasteiger charge is -2.27. The summed E-state index contributed by atoms with van der Waals surface area (Å²) in [5, 5.41) is 3.11. The molecule has 0 atom stereocenters. The van der Waals surface area contributed by atoms with E-state index in [2.05, 4.69) is 19.7 Å². The average Bonchev–Trinajstić information content (AvgIpc) is 2.83. The van der Waals surface area contributed by atoms with Crippen LogP contribution < -0.4 is 15.2 Å². The fourth-order valence-corrected chi connectivity index (χ4v) is 2.52. The van der Waals surface area contributed by atoms with Crippen LogP contribution in [0.5, 0.6) is 0 Å². The predicted molar refractivity (Wildman–Crippen MR) is 128 cm³/mol. The van der Waals surface area contributed by atoms with Crippen molar-refractivity contribution in [3.8, 4) is 0 Å². The van der Waals surface area contributed by atoms with Crippen molar-refractivity contribution < 1.29 is 28.9 Å². The third-order valence-corrected chi connectivity index (χ3v) is 3.99. The number of rotatable bonds is 15. The van der Waals surface area contributed by atoms with Crippen molar-refractivity contribution >= 4 is 34.8 Å². The summed E-state index contributed by atoms with van der Waals surface area (Å²) in [6.07, 6.45) is 5.24. The highest BCUT2D eigenvalue weighted by Crippen LogP contribution is 2.32. The third-order valence-electron chi connectivity index (χ3n) is 3.99. The van der Waals surface area contributed by atoms with Gasteiger partial charge in [0.2, 0.25) is 0 Å². The summed E-state index contributed by atoms with van der Waals surface area (Å²) in [7, 11) is 0. The van der Waals surface area contributed by atoms with Gasteiger partial charge in [0.15, 0.2) is 0 Å². The van der Waals surface area contributed by atoms with E-state index in [1.54, 1.807) is 0 Å². The van der Waals surface area contributed by atoms with Gasteiger partial charge in [-0.3, -0.25) is 28.9 Å². The fourth-order valence-electron chi connectivity index (χ4n) is 2.52. The maximum Gasteiger partial charge on any atom is 0.274 e. The van der Waals surface area contributed by atoms with Gasteiger partial charge < -0.3 is 0 Å². The summed E-state index contributed by atoms with van der Waals surface area (Å²) in [5.41, 5.74) is 0.722. The van der Waals surface area contributed by atoms with Gasteiger partial charge in [0.1, 0.15) is 0 Å². The van der Waals surface area contributed by atoms with Crippen molar-refractivity contribution in [3.05, 3.63) is 56.2 Å². The number of hydrogen-bond acceptors (Lipinski definition) is 6. The molecule has 0 spiro atoms. The summed E-state index contributed by atoms with van der Waals surface area (Å²) in [6.45, 7) is 17.0. The second kappa shape index (κ2) is 14.7. The highest BCUT2D eigenvalue weighted by Gasteiger charge is 2.24. The zero-order chi connectivity index (χ0) is 24.8. The first-order valence-corrected chi connectivity index (χ1v) is 10.8. The van der Waals surface area contributed by atoms with Gasteiger partial charge in [0, 0.05) is 0 Å².